The third-order valence-corrected chi connectivity index (χ3v) is 3.86. The third-order valence-electron chi connectivity index (χ3n) is 3.86. The van der Waals surface area contributed by atoms with Gasteiger partial charge in [0.25, 0.3) is 5.69 Å². The molecule has 19 heavy (non-hydrogen) atoms. The molecule has 0 radical (unpaired) electrons. The van der Waals surface area contributed by atoms with Crippen LogP contribution in [0.2, 0.25) is 0 Å². The minimum absolute atomic E-state index is 0.0297. The molecule has 1 fully saturated rings. The molecule has 0 bridgehead atoms. The van der Waals surface area contributed by atoms with E-state index in [4.69, 9.17) is 0 Å². The normalized spacial score (nSPS) is 15.7. The number of non-ortho nitro benzene ring substituents is 1. The standard InChI is InChI=1S/C14H20N2O3/c1-15(9-11-4-2-3-5-11)14-7-6-13(16(18)19)8-12(14)10-17/h6-8,11,17H,2-5,9-10H2,1H3. The predicted molar refractivity (Wildman–Crippen MR) is 74.2 cm³/mol. The molecule has 0 saturated heterocycles. The minimum Gasteiger partial charge on any atom is -0.392 e. The fourth-order valence-corrected chi connectivity index (χ4v) is 2.86. The largest absolute Gasteiger partial charge is 0.392 e. The summed E-state index contributed by atoms with van der Waals surface area (Å²) >= 11 is 0. The van der Waals surface area contributed by atoms with Crippen LogP contribution in [-0.4, -0.2) is 23.6 Å². The summed E-state index contributed by atoms with van der Waals surface area (Å²) in [5.41, 5.74) is 1.54. The second kappa shape index (κ2) is 6.02. The lowest BCUT2D eigenvalue weighted by molar-refractivity contribution is -0.384. The zero-order chi connectivity index (χ0) is 13.8. The Morgan fingerprint density at radius 1 is 1.42 bits per heavy atom. The van der Waals surface area contributed by atoms with Gasteiger partial charge in [0, 0.05) is 37.0 Å². The van der Waals surface area contributed by atoms with Gasteiger partial charge in [0.1, 0.15) is 0 Å². The molecule has 0 amide bonds. The van der Waals surface area contributed by atoms with Crippen LogP contribution in [0.1, 0.15) is 31.2 Å². The number of aliphatic hydroxyl groups excluding tert-OH is 1. The Morgan fingerprint density at radius 3 is 2.68 bits per heavy atom. The first-order valence-electron chi connectivity index (χ1n) is 6.71. The van der Waals surface area contributed by atoms with E-state index in [1.807, 2.05) is 7.05 Å². The lowest BCUT2D eigenvalue weighted by Crippen LogP contribution is -2.25. The lowest BCUT2D eigenvalue weighted by atomic mass is 10.1. The fraction of sp³-hybridized carbons (Fsp3) is 0.571. The van der Waals surface area contributed by atoms with E-state index in [9.17, 15) is 15.2 Å². The van der Waals surface area contributed by atoms with Crippen molar-refractivity contribution in [3.8, 4) is 0 Å². The van der Waals surface area contributed by atoms with Crippen LogP contribution in [0.25, 0.3) is 0 Å². The van der Waals surface area contributed by atoms with Crippen molar-refractivity contribution in [3.63, 3.8) is 0 Å². The molecule has 0 spiro atoms. The molecule has 0 unspecified atom stereocenters. The number of rotatable bonds is 5. The van der Waals surface area contributed by atoms with Gasteiger partial charge in [-0.3, -0.25) is 10.1 Å². The van der Waals surface area contributed by atoms with Gasteiger partial charge in [0.15, 0.2) is 0 Å². The Kier molecular flexibility index (Phi) is 4.37. The number of nitro benzene ring substituents is 1. The minimum atomic E-state index is -0.431. The maximum absolute atomic E-state index is 10.7. The zero-order valence-corrected chi connectivity index (χ0v) is 11.2. The average Bonchev–Trinajstić information content (AvgIpc) is 2.90. The van der Waals surface area contributed by atoms with Crippen molar-refractivity contribution in [1.29, 1.82) is 0 Å². The van der Waals surface area contributed by atoms with Crippen molar-refractivity contribution >= 4 is 11.4 Å². The van der Waals surface area contributed by atoms with Gasteiger partial charge in [0.2, 0.25) is 0 Å². The summed E-state index contributed by atoms with van der Waals surface area (Å²) in [4.78, 5) is 12.4. The van der Waals surface area contributed by atoms with E-state index in [1.54, 1.807) is 6.07 Å². The van der Waals surface area contributed by atoms with Crippen LogP contribution in [0, 0.1) is 16.0 Å². The maximum Gasteiger partial charge on any atom is 0.269 e. The Bertz CT molecular complexity index is 456. The second-order valence-electron chi connectivity index (χ2n) is 5.26. The van der Waals surface area contributed by atoms with Gasteiger partial charge in [-0.15, -0.1) is 0 Å². The van der Waals surface area contributed by atoms with Crippen LogP contribution < -0.4 is 4.90 Å². The van der Waals surface area contributed by atoms with E-state index in [0.29, 0.717) is 11.5 Å². The van der Waals surface area contributed by atoms with Gasteiger partial charge in [-0.05, 0) is 24.8 Å². The number of benzene rings is 1. The van der Waals surface area contributed by atoms with Gasteiger partial charge in [-0.25, -0.2) is 0 Å². The number of nitrogens with zero attached hydrogens (tertiary/aromatic N) is 2. The molecule has 0 heterocycles. The summed E-state index contributed by atoms with van der Waals surface area (Å²) in [7, 11) is 1.98. The molecule has 0 aliphatic heterocycles. The quantitative estimate of drug-likeness (QED) is 0.656. The molecule has 1 aliphatic rings. The summed E-state index contributed by atoms with van der Waals surface area (Å²) in [5.74, 6) is 0.701. The SMILES string of the molecule is CN(CC1CCCC1)c1ccc([N+](=O)[O-])cc1CO. The van der Waals surface area contributed by atoms with E-state index in [-0.39, 0.29) is 12.3 Å². The van der Waals surface area contributed by atoms with E-state index >= 15 is 0 Å². The number of hydrogen-bond acceptors (Lipinski definition) is 4. The van der Waals surface area contributed by atoms with Crippen LogP contribution in [0.3, 0.4) is 0 Å². The molecule has 2 rings (SSSR count). The monoisotopic (exact) mass is 264 g/mol. The predicted octanol–water partition coefficient (Wildman–Crippen LogP) is 2.71. The van der Waals surface area contributed by atoms with Gasteiger partial charge in [-0.1, -0.05) is 12.8 Å². The fourth-order valence-electron chi connectivity index (χ4n) is 2.86. The maximum atomic E-state index is 10.7. The van der Waals surface area contributed by atoms with Gasteiger partial charge >= 0.3 is 0 Å². The van der Waals surface area contributed by atoms with Crippen molar-refractivity contribution < 1.29 is 10.0 Å². The van der Waals surface area contributed by atoms with E-state index in [1.165, 1.54) is 37.8 Å². The molecule has 104 valence electrons. The molecule has 5 heteroatoms. The third kappa shape index (κ3) is 3.23. The second-order valence-corrected chi connectivity index (χ2v) is 5.26. The molecule has 1 aromatic rings. The zero-order valence-electron chi connectivity index (χ0n) is 11.2. The molecule has 1 aliphatic carbocycles. The molecule has 1 N–H and O–H groups in total. The van der Waals surface area contributed by atoms with Crippen LogP contribution in [0.15, 0.2) is 18.2 Å². The highest BCUT2D eigenvalue weighted by Crippen LogP contribution is 2.29. The number of aliphatic hydroxyl groups is 1. The lowest BCUT2D eigenvalue weighted by Gasteiger charge is -2.25. The van der Waals surface area contributed by atoms with Crippen LogP contribution >= 0.6 is 0 Å². The Balaban J connectivity index is 2.15. The van der Waals surface area contributed by atoms with E-state index < -0.39 is 4.92 Å². The summed E-state index contributed by atoms with van der Waals surface area (Å²) in [6.07, 6.45) is 5.11. The Labute approximate surface area is 113 Å². The van der Waals surface area contributed by atoms with Crippen molar-refractivity contribution in [2.75, 3.05) is 18.5 Å². The average molecular weight is 264 g/mol. The first kappa shape index (κ1) is 13.8. The van der Waals surface area contributed by atoms with E-state index in [2.05, 4.69) is 4.90 Å². The van der Waals surface area contributed by atoms with Crippen molar-refractivity contribution in [2.24, 2.45) is 5.92 Å². The molecule has 1 aromatic carbocycles. The van der Waals surface area contributed by atoms with Crippen LogP contribution in [0.4, 0.5) is 11.4 Å². The molecule has 5 nitrogen and oxygen atoms in total. The topological polar surface area (TPSA) is 66.6 Å². The van der Waals surface area contributed by atoms with Gasteiger partial charge in [-0.2, -0.15) is 0 Å². The number of anilines is 1. The highest BCUT2D eigenvalue weighted by atomic mass is 16.6. The molecular weight excluding hydrogens is 244 g/mol. The molecule has 1 saturated carbocycles. The van der Waals surface area contributed by atoms with Crippen molar-refractivity contribution in [3.05, 3.63) is 33.9 Å². The summed E-state index contributed by atoms with van der Waals surface area (Å²) in [6.45, 7) is 0.775. The Hall–Kier alpha value is -1.62. The van der Waals surface area contributed by atoms with Gasteiger partial charge in [0.05, 0.1) is 11.5 Å². The highest BCUT2D eigenvalue weighted by Gasteiger charge is 2.19. The van der Waals surface area contributed by atoms with Crippen LogP contribution in [-0.2, 0) is 6.61 Å². The van der Waals surface area contributed by atoms with Crippen molar-refractivity contribution in [2.45, 2.75) is 32.3 Å². The Morgan fingerprint density at radius 2 is 2.11 bits per heavy atom. The summed E-state index contributed by atoms with van der Waals surface area (Å²) in [6, 6.07) is 4.69. The first-order valence-corrected chi connectivity index (χ1v) is 6.71. The van der Waals surface area contributed by atoms with Gasteiger partial charge < -0.3 is 10.0 Å². The highest BCUT2D eigenvalue weighted by molar-refractivity contribution is 5.57. The van der Waals surface area contributed by atoms with Crippen molar-refractivity contribution in [1.82, 2.24) is 0 Å². The first-order chi connectivity index (χ1) is 9.11. The number of hydrogen-bond donors (Lipinski definition) is 1. The number of nitro groups is 1. The molecular formula is C14H20N2O3. The summed E-state index contributed by atoms with van der Waals surface area (Å²) < 4.78 is 0. The van der Waals surface area contributed by atoms with Crippen LogP contribution in [0.5, 0.6) is 0 Å². The smallest absolute Gasteiger partial charge is 0.269 e. The summed E-state index contributed by atoms with van der Waals surface area (Å²) in [5, 5.41) is 20.1. The van der Waals surface area contributed by atoms with E-state index in [0.717, 1.165) is 12.2 Å². The molecule has 0 aromatic heterocycles. The molecule has 0 atom stereocenters.